The van der Waals surface area contributed by atoms with Gasteiger partial charge in [-0.25, -0.2) is 0 Å². The summed E-state index contributed by atoms with van der Waals surface area (Å²) < 4.78 is 16.3. The molecule has 0 aliphatic heterocycles. The van der Waals surface area contributed by atoms with Crippen LogP contribution in [0.3, 0.4) is 0 Å². The van der Waals surface area contributed by atoms with Crippen molar-refractivity contribution >= 4 is 17.3 Å². The molecule has 150 valence electrons. The van der Waals surface area contributed by atoms with Crippen LogP contribution in [0.5, 0.6) is 23.0 Å². The van der Waals surface area contributed by atoms with Crippen LogP contribution in [0.25, 0.3) is 0 Å². The molecule has 6 heteroatoms. The number of anilines is 2. The maximum absolute atomic E-state index is 12.5. The molecule has 0 heterocycles. The highest BCUT2D eigenvalue weighted by Gasteiger charge is 2.14. The van der Waals surface area contributed by atoms with Crippen LogP contribution < -0.4 is 24.8 Å². The molecular weight excluding hydrogens is 368 g/mol. The summed E-state index contributed by atoms with van der Waals surface area (Å²) in [5.74, 6) is 2.53. The second-order valence-corrected chi connectivity index (χ2v) is 6.36. The van der Waals surface area contributed by atoms with Crippen molar-refractivity contribution in [2.75, 3.05) is 24.9 Å². The van der Waals surface area contributed by atoms with E-state index < -0.39 is 6.04 Å². The Balaban J connectivity index is 1.58. The summed E-state index contributed by atoms with van der Waals surface area (Å²) in [5.41, 5.74) is 1.45. The second kappa shape index (κ2) is 9.50. The molecule has 0 bridgehead atoms. The monoisotopic (exact) mass is 392 g/mol. The lowest BCUT2D eigenvalue weighted by Gasteiger charge is -2.17. The standard InChI is InChI=1S/C23H24N2O4/c1-16(24-18-11-14-21(27-2)22(15-18)28-3)23(26)25-17-9-12-20(13-10-17)29-19-7-5-4-6-8-19/h4-16,24H,1-3H3,(H,25,26). The van der Waals surface area contributed by atoms with Crippen molar-refractivity contribution < 1.29 is 19.0 Å². The molecule has 0 saturated heterocycles. The molecular formula is C23H24N2O4. The Morgan fingerprint density at radius 1 is 0.793 bits per heavy atom. The number of amides is 1. The Labute approximate surface area is 170 Å². The number of ether oxygens (including phenoxy) is 3. The Bertz CT molecular complexity index is 943. The van der Waals surface area contributed by atoms with Crippen LogP contribution in [0.15, 0.2) is 72.8 Å². The fourth-order valence-corrected chi connectivity index (χ4v) is 2.72. The van der Waals surface area contributed by atoms with Crippen molar-refractivity contribution in [3.05, 3.63) is 72.8 Å². The van der Waals surface area contributed by atoms with E-state index in [9.17, 15) is 4.79 Å². The van der Waals surface area contributed by atoms with E-state index in [2.05, 4.69) is 10.6 Å². The fourth-order valence-electron chi connectivity index (χ4n) is 2.72. The SMILES string of the molecule is COc1ccc(NC(C)C(=O)Nc2ccc(Oc3ccccc3)cc2)cc1OC. The van der Waals surface area contributed by atoms with Gasteiger partial charge >= 0.3 is 0 Å². The lowest BCUT2D eigenvalue weighted by Crippen LogP contribution is -2.31. The summed E-state index contributed by atoms with van der Waals surface area (Å²) in [6, 6.07) is 21.7. The number of benzene rings is 3. The highest BCUT2D eigenvalue weighted by atomic mass is 16.5. The van der Waals surface area contributed by atoms with Gasteiger partial charge in [-0.2, -0.15) is 0 Å². The lowest BCUT2D eigenvalue weighted by molar-refractivity contribution is -0.116. The maximum atomic E-state index is 12.5. The Hall–Kier alpha value is -3.67. The number of hydrogen-bond donors (Lipinski definition) is 2. The first-order valence-corrected chi connectivity index (χ1v) is 9.21. The minimum atomic E-state index is -0.451. The fraction of sp³-hybridized carbons (Fsp3) is 0.174. The molecule has 3 rings (SSSR count). The molecule has 2 N–H and O–H groups in total. The number of hydrogen-bond acceptors (Lipinski definition) is 5. The van der Waals surface area contributed by atoms with Crippen LogP contribution in [0.2, 0.25) is 0 Å². The van der Waals surface area contributed by atoms with Gasteiger partial charge in [-0.3, -0.25) is 4.79 Å². The molecule has 0 radical (unpaired) electrons. The van der Waals surface area contributed by atoms with E-state index in [0.29, 0.717) is 22.9 Å². The quantitative estimate of drug-likeness (QED) is 0.569. The molecule has 1 unspecified atom stereocenters. The molecule has 1 atom stereocenters. The molecule has 0 saturated carbocycles. The normalized spacial score (nSPS) is 11.3. The predicted molar refractivity (Wildman–Crippen MR) is 114 cm³/mol. The van der Waals surface area contributed by atoms with Gasteiger partial charge in [0.2, 0.25) is 5.91 Å². The maximum Gasteiger partial charge on any atom is 0.246 e. The summed E-state index contributed by atoms with van der Waals surface area (Å²) in [4.78, 5) is 12.5. The average molecular weight is 392 g/mol. The molecule has 0 aromatic heterocycles. The van der Waals surface area contributed by atoms with Gasteiger partial charge in [-0.15, -0.1) is 0 Å². The third-order valence-electron chi connectivity index (χ3n) is 4.26. The van der Waals surface area contributed by atoms with E-state index in [4.69, 9.17) is 14.2 Å². The van der Waals surface area contributed by atoms with E-state index >= 15 is 0 Å². The number of rotatable bonds is 8. The van der Waals surface area contributed by atoms with Gasteiger partial charge < -0.3 is 24.8 Å². The van der Waals surface area contributed by atoms with E-state index in [-0.39, 0.29) is 5.91 Å². The molecule has 0 spiro atoms. The van der Waals surface area contributed by atoms with E-state index in [1.54, 1.807) is 45.4 Å². The van der Waals surface area contributed by atoms with E-state index in [1.807, 2.05) is 48.5 Å². The molecule has 0 aliphatic carbocycles. The van der Waals surface area contributed by atoms with Gasteiger partial charge in [0.05, 0.1) is 14.2 Å². The second-order valence-electron chi connectivity index (χ2n) is 6.36. The molecule has 0 fully saturated rings. The van der Waals surface area contributed by atoms with Gasteiger partial charge in [0.25, 0.3) is 0 Å². The largest absolute Gasteiger partial charge is 0.493 e. The zero-order chi connectivity index (χ0) is 20.6. The average Bonchev–Trinajstić information content (AvgIpc) is 2.75. The Morgan fingerprint density at radius 3 is 2.07 bits per heavy atom. The van der Waals surface area contributed by atoms with Crippen LogP contribution in [-0.4, -0.2) is 26.2 Å². The number of carbonyl (C=O) groups is 1. The summed E-state index contributed by atoms with van der Waals surface area (Å²) in [7, 11) is 3.15. The van der Waals surface area contributed by atoms with Gasteiger partial charge in [0.1, 0.15) is 17.5 Å². The highest BCUT2D eigenvalue weighted by Crippen LogP contribution is 2.30. The Kier molecular flexibility index (Phi) is 6.58. The van der Waals surface area contributed by atoms with Crippen LogP contribution in [0.4, 0.5) is 11.4 Å². The van der Waals surface area contributed by atoms with Crippen LogP contribution >= 0.6 is 0 Å². The first-order chi connectivity index (χ1) is 14.1. The van der Waals surface area contributed by atoms with Crippen LogP contribution in [0, 0.1) is 0 Å². The zero-order valence-corrected chi connectivity index (χ0v) is 16.6. The number of nitrogens with one attached hydrogen (secondary N) is 2. The zero-order valence-electron chi connectivity index (χ0n) is 16.6. The molecule has 3 aromatic carbocycles. The highest BCUT2D eigenvalue weighted by molar-refractivity contribution is 5.96. The number of carbonyl (C=O) groups excluding carboxylic acids is 1. The van der Waals surface area contributed by atoms with Gasteiger partial charge in [0.15, 0.2) is 11.5 Å². The first-order valence-electron chi connectivity index (χ1n) is 9.21. The summed E-state index contributed by atoms with van der Waals surface area (Å²) in [5, 5.41) is 6.05. The third kappa shape index (κ3) is 5.42. The first kappa shape index (κ1) is 20.1. The van der Waals surface area contributed by atoms with Crippen molar-refractivity contribution in [3.63, 3.8) is 0 Å². The summed E-state index contributed by atoms with van der Waals surface area (Å²) in [6.45, 7) is 1.79. The van der Waals surface area contributed by atoms with E-state index in [1.165, 1.54) is 0 Å². The van der Waals surface area contributed by atoms with Crippen LogP contribution in [-0.2, 0) is 4.79 Å². The number of methoxy groups -OCH3 is 2. The predicted octanol–water partition coefficient (Wildman–Crippen LogP) is 4.94. The topological polar surface area (TPSA) is 68.8 Å². The molecule has 29 heavy (non-hydrogen) atoms. The molecule has 1 amide bonds. The van der Waals surface area contributed by atoms with Crippen molar-refractivity contribution in [3.8, 4) is 23.0 Å². The van der Waals surface area contributed by atoms with E-state index in [0.717, 1.165) is 11.4 Å². The van der Waals surface area contributed by atoms with Crippen molar-refractivity contribution in [1.29, 1.82) is 0 Å². The minimum absolute atomic E-state index is 0.156. The molecule has 3 aromatic rings. The van der Waals surface area contributed by atoms with Crippen molar-refractivity contribution in [2.24, 2.45) is 0 Å². The lowest BCUT2D eigenvalue weighted by atomic mass is 10.2. The number of para-hydroxylation sites is 1. The molecule has 6 nitrogen and oxygen atoms in total. The van der Waals surface area contributed by atoms with Crippen LogP contribution in [0.1, 0.15) is 6.92 Å². The van der Waals surface area contributed by atoms with Gasteiger partial charge in [-0.05, 0) is 55.5 Å². The minimum Gasteiger partial charge on any atom is -0.493 e. The van der Waals surface area contributed by atoms with Crippen molar-refractivity contribution in [1.82, 2.24) is 0 Å². The van der Waals surface area contributed by atoms with Gasteiger partial charge in [0, 0.05) is 17.4 Å². The van der Waals surface area contributed by atoms with Crippen molar-refractivity contribution in [2.45, 2.75) is 13.0 Å². The molecule has 0 aliphatic rings. The summed E-state index contributed by atoms with van der Waals surface area (Å²) >= 11 is 0. The van der Waals surface area contributed by atoms with Gasteiger partial charge in [-0.1, -0.05) is 18.2 Å². The smallest absolute Gasteiger partial charge is 0.246 e. The summed E-state index contributed by atoms with van der Waals surface area (Å²) in [6.07, 6.45) is 0. The Morgan fingerprint density at radius 2 is 1.41 bits per heavy atom. The third-order valence-corrected chi connectivity index (χ3v) is 4.26.